The van der Waals surface area contributed by atoms with Crippen molar-refractivity contribution in [2.45, 2.75) is 6.04 Å². The van der Waals surface area contributed by atoms with Crippen LogP contribution >= 0.6 is 0 Å². The third kappa shape index (κ3) is 1.89. The molecule has 17 heavy (non-hydrogen) atoms. The largest absolute Gasteiger partial charge is 0.353 e. The van der Waals surface area contributed by atoms with Crippen molar-refractivity contribution in [2.24, 2.45) is 0 Å². The summed E-state index contributed by atoms with van der Waals surface area (Å²) in [6, 6.07) is -0.149. The van der Waals surface area contributed by atoms with E-state index in [0.29, 0.717) is 24.1 Å². The summed E-state index contributed by atoms with van der Waals surface area (Å²) in [7, 11) is 0. The molecule has 1 saturated heterocycles. The molecule has 1 aliphatic rings. The van der Waals surface area contributed by atoms with E-state index >= 15 is 0 Å². The highest BCUT2D eigenvalue weighted by molar-refractivity contribution is 5.78. The highest BCUT2D eigenvalue weighted by Gasteiger charge is 2.24. The summed E-state index contributed by atoms with van der Waals surface area (Å²) < 4.78 is 5.13. The topological polar surface area (TPSA) is 109 Å². The molecular formula is C9H10N6O2. The minimum atomic E-state index is -0.149. The van der Waals surface area contributed by atoms with Crippen molar-refractivity contribution >= 4 is 5.91 Å². The number of H-pyrrole nitrogens is 1. The first kappa shape index (κ1) is 9.97. The number of carbonyl (C=O) groups is 1. The molecule has 2 aromatic rings. The molecule has 0 aromatic carbocycles. The second-order valence-corrected chi connectivity index (χ2v) is 3.63. The first-order valence-electron chi connectivity index (χ1n) is 5.16. The minimum Gasteiger partial charge on any atom is -0.353 e. The van der Waals surface area contributed by atoms with Crippen molar-refractivity contribution < 1.29 is 9.32 Å². The maximum Gasteiger partial charge on any atom is 0.246 e. The predicted molar refractivity (Wildman–Crippen MR) is 55.6 cm³/mol. The fourth-order valence-electron chi connectivity index (χ4n) is 1.60. The Balaban J connectivity index is 1.79. The standard InChI is InChI=1S/C9H10N6O2/c16-6-4-12-5(3-13-6)9-14-8(15-17-9)7-10-1-2-11-7/h1-2,5,12H,3-4H2,(H,10,11)(H,13,16). The van der Waals surface area contributed by atoms with Gasteiger partial charge in [0.15, 0.2) is 5.82 Å². The fraction of sp³-hybridized carbons (Fsp3) is 0.333. The molecule has 0 saturated carbocycles. The van der Waals surface area contributed by atoms with Crippen LogP contribution in [0.4, 0.5) is 0 Å². The van der Waals surface area contributed by atoms with E-state index in [-0.39, 0.29) is 18.5 Å². The molecule has 1 fully saturated rings. The molecule has 0 radical (unpaired) electrons. The fourth-order valence-corrected chi connectivity index (χ4v) is 1.60. The lowest BCUT2D eigenvalue weighted by atomic mass is 10.2. The van der Waals surface area contributed by atoms with Crippen LogP contribution in [-0.4, -0.2) is 39.1 Å². The molecule has 3 heterocycles. The van der Waals surface area contributed by atoms with E-state index < -0.39 is 0 Å². The molecule has 1 unspecified atom stereocenters. The Morgan fingerprint density at radius 1 is 1.47 bits per heavy atom. The number of rotatable bonds is 2. The van der Waals surface area contributed by atoms with Gasteiger partial charge in [-0.3, -0.25) is 10.1 Å². The summed E-state index contributed by atoms with van der Waals surface area (Å²) in [4.78, 5) is 22.1. The van der Waals surface area contributed by atoms with E-state index in [4.69, 9.17) is 4.52 Å². The lowest BCUT2D eigenvalue weighted by Crippen LogP contribution is -2.47. The van der Waals surface area contributed by atoms with Crippen molar-refractivity contribution in [3.8, 4) is 11.6 Å². The number of imidazole rings is 1. The van der Waals surface area contributed by atoms with Crippen LogP contribution in [0.5, 0.6) is 0 Å². The van der Waals surface area contributed by atoms with Gasteiger partial charge in [-0.1, -0.05) is 5.16 Å². The van der Waals surface area contributed by atoms with Gasteiger partial charge >= 0.3 is 0 Å². The van der Waals surface area contributed by atoms with E-state index in [0.717, 1.165) is 0 Å². The van der Waals surface area contributed by atoms with Crippen molar-refractivity contribution in [3.63, 3.8) is 0 Å². The van der Waals surface area contributed by atoms with Crippen molar-refractivity contribution in [3.05, 3.63) is 18.3 Å². The smallest absolute Gasteiger partial charge is 0.246 e. The molecule has 2 aromatic heterocycles. The van der Waals surface area contributed by atoms with Crippen LogP contribution in [0.1, 0.15) is 11.9 Å². The number of hydrogen-bond donors (Lipinski definition) is 3. The molecule has 0 aliphatic carbocycles. The number of nitrogens with zero attached hydrogens (tertiary/aromatic N) is 3. The lowest BCUT2D eigenvalue weighted by Gasteiger charge is -2.20. The summed E-state index contributed by atoms with van der Waals surface area (Å²) in [6.45, 7) is 0.696. The van der Waals surface area contributed by atoms with Gasteiger partial charge in [-0.2, -0.15) is 4.98 Å². The number of aromatic amines is 1. The molecule has 0 spiro atoms. The number of carbonyl (C=O) groups excluding carboxylic acids is 1. The molecule has 88 valence electrons. The quantitative estimate of drug-likeness (QED) is 0.629. The van der Waals surface area contributed by atoms with Crippen molar-refractivity contribution in [2.75, 3.05) is 13.1 Å². The summed E-state index contributed by atoms with van der Waals surface area (Å²) in [5, 5.41) is 9.55. The van der Waals surface area contributed by atoms with E-state index in [1.54, 1.807) is 12.4 Å². The van der Waals surface area contributed by atoms with Crippen molar-refractivity contribution in [1.82, 2.24) is 30.7 Å². The van der Waals surface area contributed by atoms with Crippen LogP contribution < -0.4 is 10.6 Å². The Bertz CT molecular complexity index is 509. The van der Waals surface area contributed by atoms with Gasteiger partial charge in [0.05, 0.1) is 6.54 Å². The SMILES string of the molecule is O=C1CNC(c2nc(-c3ncc[nH]3)no2)CN1. The molecule has 1 aliphatic heterocycles. The van der Waals surface area contributed by atoms with Crippen LogP contribution in [0, 0.1) is 0 Å². The molecule has 1 atom stereocenters. The van der Waals surface area contributed by atoms with E-state index in [1.165, 1.54) is 0 Å². The van der Waals surface area contributed by atoms with Crippen LogP contribution in [0.2, 0.25) is 0 Å². The highest BCUT2D eigenvalue weighted by Crippen LogP contribution is 2.15. The summed E-state index contributed by atoms with van der Waals surface area (Å²) in [6.07, 6.45) is 3.30. The summed E-state index contributed by atoms with van der Waals surface area (Å²) >= 11 is 0. The first-order valence-corrected chi connectivity index (χ1v) is 5.16. The Morgan fingerprint density at radius 2 is 2.41 bits per heavy atom. The average molecular weight is 234 g/mol. The van der Waals surface area contributed by atoms with E-state index in [2.05, 4.69) is 30.7 Å². The second kappa shape index (κ2) is 3.98. The lowest BCUT2D eigenvalue weighted by molar-refractivity contribution is -0.121. The van der Waals surface area contributed by atoms with Gasteiger partial charge in [0.2, 0.25) is 17.6 Å². The monoisotopic (exact) mass is 234 g/mol. The number of nitrogens with one attached hydrogen (secondary N) is 3. The molecule has 8 heteroatoms. The molecule has 0 bridgehead atoms. The number of hydrogen-bond acceptors (Lipinski definition) is 6. The van der Waals surface area contributed by atoms with Gasteiger partial charge in [-0.15, -0.1) is 0 Å². The zero-order chi connectivity index (χ0) is 11.7. The Kier molecular flexibility index (Phi) is 2.33. The third-order valence-electron chi connectivity index (χ3n) is 2.46. The van der Waals surface area contributed by atoms with Crippen LogP contribution in [0.25, 0.3) is 11.6 Å². The normalized spacial score (nSPS) is 20.2. The van der Waals surface area contributed by atoms with Gasteiger partial charge in [0, 0.05) is 18.9 Å². The highest BCUT2D eigenvalue weighted by atomic mass is 16.5. The molecule has 3 N–H and O–H groups in total. The van der Waals surface area contributed by atoms with E-state index in [1.807, 2.05) is 0 Å². The Morgan fingerprint density at radius 3 is 3.12 bits per heavy atom. The summed E-state index contributed by atoms with van der Waals surface area (Å²) in [5.74, 6) is 1.37. The molecular weight excluding hydrogens is 224 g/mol. The number of piperazine rings is 1. The molecule has 3 rings (SSSR count). The second-order valence-electron chi connectivity index (χ2n) is 3.63. The third-order valence-corrected chi connectivity index (χ3v) is 2.46. The summed E-state index contributed by atoms with van der Waals surface area (Å²) in [5.41, 5.74) is 0. The maximum absolute atomic E-state index is 11.0. The molecule has 1 amide bonds. The van der Waals surface area contributed by atoms with E-state index in [9.17, 15) is 4.79 Å². The predicted octanol–water partition coefficient (Wildman–Crippen LogP) is -0.780. The van der Waals surface area contributed by atoms with Gasteiger partial charge in [-0.05, 0) is 0 Å². The van der Waals surface area contributed by atoms with Gasteiger partial charge in [-0.25, -0.2) is 4.98 Å². The van der Waals surface area contributed by atoms with Crippen LogP contribution in [0.3, 0.4) is 0 Å². The van der Waals surface area contributed by atoms with Gasteiger partial charge < -0.3 is 14.8 Å². The number of aromatic nitrogens is 4. The van der Waals surface area contributed by atoms with Gasteiger partial charge in [0.1, 0.15) is 6.04 Å². The maximum atomic E-state index is 11.0. The van der Waals surface area contributed by atoms with Crippen LogP contribution in [0.15, 0.2) is 16.9 Å². The zero-order valence-corrected chi connectivity index (χ0v) is 8.80. The first-order chi connectivity index (χ1) is 8.33. The van der Waals surface area contributed by atoms with Crippen molar-refractivity contribution in [1.29, 1.82) is 0 Å². The Hall–Kier alpha value is -2.22. The number of amides is 1. The minimum absolute atomic E-state index is 0.0352. The van der Waals surface area contributed by atoms with Crippen LogP contribution in [-0.2, 0) is 4.79 Å². The van der Waals surface area contributed by atoms with Gasteiger partial charge in [0.25, 0.3) is 0 Å². The average Bonchev–Trinajstić information content (AvgIpc) is 3.00. The Labute approximate surface area is 95.8 Å². The molecule has 8 nitrogen and oxygen atoms in total. The zero-order valence-electron chi connectivity index (χ0n) is 8.80.